The van der Waals surface area contributed by atoms with Crippen LogP contribution in [-0.4, -0.2) is 23.5 Å². The SMILES string of the molecule is O=C(NCc1cccc(CO)c1)[C@@H]1Cc2ccccc2O[C@H]1C(F)F. The second-order valence-corrected chi connectivity index (χ2v) is 6.03. The van der Waals surface area contributed by atoms with Crippen molar-refractivity contribution in [3.8, 4) is 5.75 Å². The number of alkyl halides is 2. The first kappa shape index (κ1) is 17.4. The molecule has 3 rings (SSSR count). The Bertz CT molecular complexity index is 751. The molecule has 1 aliphatic rings. The molecule has 0 aromatic heterocycles. The van der Waals surface area contributed by atoms with E-state index in [0.717, 1.165) is 16.7 Å². The minimum atomic E-state index is -2.75. The van der Waals surface area contributed by atoms with Gasteiger partial charge in [-0.2, -0.15) is 0 Å². The summed E-state index contributed by atoms with van der Waals surface area (Å²) in [6.45, 7) is 0.114. The van der Waals surface area contributed by atoms with E-state index in [1.54, 1.807) is 48.5 Å². The Balaban J connectivity index is 1.71. The van der Waals surface area contributed by atoms with Gasteiger partial charge in [0.25, 0.3) is 6.43 Å². The minimum absolute atomic E-state index is 0.0947. The monoisotopic (exact) mass is 347 g/mol. The Morgan fingerprint density at radius 2 is 1.96 bits per heavy atom. The van der Waals surface area contributed by atoms with Crippen LogP contribution in [-0.2, 0) is 24.4 Å². The lowest BCUT2D eigenvalue weighted by Crippen LogP contribution is -2.47. The van der Waals surface area contributed by atoms with Crippen LogP contribution in [0.25, 0.3) is 0 Å². The number of benzene rings is 2. The molecule has 2 aromatic rings. The lowest BCUT2D eigenvalue weighted by molar-refractivity contribution is -0.133. The summed E-state index contributed by atoms with van der Waals surface area (Å²) in [5, 5.41) is 11.8. The van der Waals surface area contributed by atoms with E-state index in [9.17, 15) is 13.6 Å². The number of carbonyl (C=O) groups is 1. The van der Waals surface area contributed by atoms with Crippen LogP contribution in [0.5, 0.6) is 5.75 Å². The predicted octanol–water partition coefficient (Wildman–Crippen LogP) is 2.68. The number of nitrogens with one attached hydrogen (secondary N) is 1. The van der Waals surface area contributed by atoms with E-state index >= 15 is 0 Å². The Labute approximate surface area is 144 Å². The largest absolute Gasteiger partial charge is 0.483 e. The van der Waals surface area contributed by atoms with Crippen LogP contribution >= 0.6 is 0 Å². The molecule has 0 bridgehead atoms. The van der Waals surface area contributed by atoms with Crippen LogP contribution in [0, 0.1) is 5.92 Å². The summed E-state index contributed by atoms with van der Waals surface area (Å²) in [6.07, 6.45) is -3.99. The molecule has 6 heteroatoms. The topological polar surface area (TPSA) is 58.6 Å². The van der Waals surface area contributed by atoms with Gasteiger partial charge in [0.15, 0.2) is 6.10 Å². The van der Waals surface area contributed by atoms with Gasteiger partial charge in [0, 0.05) is 6.54 Å². The zero-order chi connectivity index (χ0) is 17.8. The molecule has 0 radical (unpaired) electrons. The normalized spacial score (nSPS) is 19.2. The first-order chi connectivity index (χ1) is 12.1. The highest BCUT2D eigenvalue weighted by Crippen LogP contribution is 2.33. The summed E-state index contributed by atoms with van der Waals surface area (Å²) in [5.74, 6) is -1.00. The summed E-state index contributed by atoms with van der Waals surface area (Å²) in [4.78, 5) is 12.5. The zero-order valence-corrected chi connectivity index (χ0v) is 13.5. The number of amides is 1. The molecule has 2 atom stereocenters. The number of hydrogen-bond acceptors (Lipinski definition) is 3. The van der Waals surface area contributed by atoms with Crippen LogP contribution in [0.15, 0.2) is 48.5 Å². The molecule has 0 unspecified atom stereocenters. The van der Waals surface area contributed by atoms with E-state index in [2.05, 4.69) is 5.32 Å². The van der Waals surface area contributed by atoms with E-state index in [4.69, 9.17) is 9.84 Å². The predicted molar refractivity (Wildman–Crippen MR) is 88.3 cm³/mol. The van der Waals surface area contributed by atoms with Gasteiger partial charge in [-0.3, -0.25) is 4.79 Å². The molecular formula is C19H19F2NO3. The highest BCUT2D eigenvalue weighted by Gasteiger charge is 2.40. The quantitative estimate of drug-likeness (QED) is 0.874. The fraction of sp³-hybridized carbons (Fsp3) is 0.316. The van der Waals surface area contributed by atoms with Gasteiger partial charge < -0.3 is 15.2 Å². The van der Waals surface area contributed by atoms with E-state index in [1.807, 2.05) is 0 Å². The highest BCUT2D eigenvalue weighted by atomic mass is 19.3. The number of rotatable bonds is 5. The molecule has 0 saturated carbocycles. The van der Waals surface area contributed by atoms with E-state index in [1.165, 1.54) is 0 Å². The van der Waals surface area contributed by atoms with Crippen LogP contribution in [0.2, 0.25) is 0 Å². The van der Waals surface area contributed by atoms with Crippen molar-refractivity contribution in [3.05, 3.63) is 65.2 Å². The average Bonchev–Trinajstić information content (AvgIpc) is 2.65. The third-order valence-electron chi connectivity index (χ3n) is 4.30. The lowest BCUT2D eigenvalue weighted by Gasteiger charge is -2.32. The number of aliphatic hydroxyl groups is 1. The Kier molecular flexibility index (Phi) is 5.28. The van der Waals surface area contributed by atoms with E-state index in [0.29, 0.717) is 5.75 Å². The van der Waals surface area contributed by atoms with Gasteiger partial charge in [0.2, 0.25) is 5.91 Å². The maximum absolute atomic E-state index is 13.4. The van der Waals surface area contributed by atoms with E-state index in [-0.39, 0.29) is 19.6 Å². The third kappa shape index (κ3) is 3.96. The van der Waals surface area contributed by atoms with Crippen molar-refractivity contribution in [2.45, 2.75) is 32.1 Å². The Hall–Kier alpha value is -2.47. The van der Waals surface area contributed by atoms with Crippen molar-refractivity contribution in [1.29, 1.82) is 0 Å². The summed E-state index contributed by atoms with van der Waals surface area (Å²) in [7, 11) is 0. The minimum Gasteiger partial charge on any atom is -0.483 e. The highest BCUT2D eigenvalue weighted by molar-refractivity contribution is 5.80. The molecule has 4 nitrogen and oxygen atoms in total. The maximum Gasteiger partial charge on any atom is 0.275 e. The van der Waals surface area contributed by atoms with Crippen molar-refractivity contribution >= 4 is 5.91 Å². The summed E-state index contributed by atoms with van der Waals surface area (Å²) in [6, 6.07) is 14.0. The fourth-order valence-corrected chi connectivity index (χ4v) is 3.00. The number of halogens is 2. The molecule has 0 saturated heterocycles. The number of aliphatic hydroxyl groups excluding tert-OH is 1. The third-order valence-corrected chi connectivity index (χ3v) is 4.30. The summed E-state index contributed by atoms with van der Waals surface area (Å²) in [5.41, 5.74) is 2.28. The van der Waals surface area contributed by atoms with Crippen LogP contribution in [0.3, 0.4) is 0 Å². The molecule has 0 fully saturated rings. The first-order valence-electron chi connectivity index (χ1n) is 8.07. The van der Waals surface area contributed by atoms with E-state index < -0.39 is 24.4 Å². The van der Waals surface area contributed by atoms with Gasteiger partial charge in [-0.25, -0.2) is 8.78 Å². The Morgan fingerprint density at radius 3 is 2.72 bits per heavy atom. The molecule has 1 amide bonds. The fourth-order valence-electron chi connectivity index (χ4n) is 3.00. The molecule has 2 aromatic carbocycles. The number of para-hydroxylation sites is 1. The van der Waals surface area contributed by atoms with Gasteiger partial charge in [-0.15, -0.1) is 0 Å². The molecular weight excluding hydrogens is 328 g/mol. The van der Waals surface area contributed by atoms with Crippen molar-refractivity contribution in [2.75, 3.05) is 0 Å². The van der Waals surface area contributed by atoms with Crippen molar-refractivity contribution in [3.63, 3.8) is 0 Å². The molecule has 0 spiro atoms. The van der Waals surface area contributed by atoms with Crippen LogP contribution in [0.1, 0.15) is 16.7 Å². The number of hydrogen-bond donors (Lipinski definition) is 2. The maximum atomic E-state index is 13.4. The Morgan fingerprint density at radius 1 is 1.20 bits per heavy atom. The first-order valence-corrected chi connectivity index (χ1v) is 8.07. The summed E-state index contributed by atoms with van der Waals surface area (Å²) < 4.78 is 32.1. The standard InChI is InChI=1S/C19H19F2NO3/c20-18(21)17-15(9-14-6-1-2-7-16(14)25-17)19(24)22-10-12-4-3-5-13(8-12)11-23/h1-8,15,17-18,23H,9-11H2,(H,22,24)/t15-,17-/m1/s1. The van der Waals surface area contributed by atoms with Crippen molar-refractivity contribution in [2.24, 2.45) is 5.92 Å². The van der Waals surface area contributed by atoms with Crippen LogP contribution < -0.4 is 10.1 Å². The molecule has 2 N–H and O–H groups in total. The second-order valence-electron chi connectivity index (χ2n) is 6.03. The second kappa shape index (κ2) is 7.61. The van der Waals surface area contributed by atoms with Crippen molar-refractivity contribution < 1.29 is 23.4 Å². The molecule has 0 aliphatic carbocycles. The van der Waals surface area contributed by atoms with Gasteiger partial charge >= 0.3 is 0 Å². The molecule has 1 heterocycles. The molecule has 132 valence electrons. The lowest BCUT2D eigenvalue weighted by atomic mass is 9.90. The van der Waals surface area contributed by atoms with Gasteiger partial charge in [-0.05, 0) is 29.2 Å². The number of carbonyl (C=O) groups excluding carboxylic acids is 1. The number of fused-ring (bicyclic) bond motifs is 1. The average molecular weight is 347 g/mol. The number of ether oxygens (including phenoxy) is 1. The molecule has 1 aliphatic heterocycles. The molecule has 25 heavy (non-hydrogen) atoms. The summed E-state index contributed by atoms with van der Waals surface area (Å²) >= 11 is 0. The van der Waals surface area contributed by atoms with Gasteiger partial charge in [0.1, 0.15) is 5.75 Å². The smallest absolute Gasteiger partial charge is 0.275 e. The van der Waals surface area contributed by atoms with Crippen molar-refractivity contribution in [1.82, 2.24) is 5.32 Å². The zero-order valence-electron chi connectivity index (χ0n) is 13.5. The van der Waals surface area contributed by atoms with Crippen LogP contribution in [0.4, 0.5) is 8.78 Å². The van der Waals surface area contributed by atoms with Gasteiger partial charge in [-0.1, -0.05) is 42.5 Å². The van der Waals surface area contributed by atoms with Gasteiger partial charge in [0.05, 0.1) is 12.5 Å².